The largest absolute Gasteiger partial charge is 0.507 e. The zero-order chi connectivity index (χ0) is 18.0. The number of ketones is 1. The van der Waals surface area contributed by atoms with Crippen molar-refractivity contribution in [3.8, 4) is 0 Å². The van der Waals surface area contributed by atoms with Gasteiger partial charge in [0.1, 0.15) is 5.76 Å². The molecule has 1 amide bonds. The van der Waals surface area contributed by atoms with E-state index in [0.29, 0.717) is 5.56 Å². The molecule has 5 heteroatoms. The molecule has 0 spiro atoms. The predicted molar refractivity (Wildman–Crippen MR) is 99.8 cm³/mol. The van der Waals surface area contributed by atoms with Gasteiger partial charge in [-0.2, -0.15) is 0 Å². The van der Waals surface area contributed by atoms with Gasteiger partial charge in [-0.15, -0.1) is 6.58 Å². The Morgan fingerprint density at radius 1 is 1.12 bits per heavy atom. The van der Waals surface area contributed by atoms with Gasteiger partial charge in [-0.1, -0.05) is 64.5 Å². The third-order valence-corrected chi connectivity index (χ3v) is 4.63. The van der Waals surface area contributed by atoms with Crippen LogP contribution in [0.5, 0.6) is 0 Å². The van der Waals surface area contributed by atoms with Crippen molar-refractivity contribution in [3.63, 3.8) is 0 Å². The molecule has 1 saturated heterocycles. The summed E-state index contributed by atoms with van der Waals surface area (Å²) in [5, 5.41) is 10.7. The SMILES string of the molecule is C=CCN1C(=O)C(=O)/C(=C(/O)c2ccccc2)C1c1ccc(Br)cc1. The van der Waals surface area contributed by atoms with Crippen LogP contribution in [-0.4, -0.2) is 28.2 Å². The molecule has 0 aliphatic carbocycles. The number of benzene rings is 2. The van der Waals surface area contributed by atoms with Crippen molar-refractivity contribution in [2.75, 3.05) is 6.54 Å². The van der Waals surface area contributed by atoms with Crippen LogP contribution in [0.3, 0.4) is 0 Å². The summed E-state index contributed by atoms with van der Waals surface area (Å²) in [6.07, 6.45) is 1.57. The van der Waals surface area contributed by atoms with Crippen LogP contribution in [0.15, 0.2) is 77.3 Å². The minimum absolute atomic E-state index is 0.0976. The van der Waals surface area contributed by atoms with Crippen molar-refractivity contribution >= 4 is 33.4 Å². The molecule has 1 aliphatic heterocycles. The minimum atomic E-state index is -0.684. The summed E-state index contributed by atoms with van der Waals surface area (Å²) in [5.41, 5.74) is 1.35. The zero-order valence-corrected chi connectivity index (χ0v) is 14.9. The molecule has 2 aromatic carbocycles. The number of carbonyl (C=O) groups excluding carboxylic acids is 2. The van der Waals surface area contributed by atoms with Gasteiger partial charge in [0.15, 0.2) is 0 Å². The lowest BCUT2D eigenvalue weighted by atomic mass is 9.95. The van der Waals surface area contributed by atoms with Crippen molar-refractivity contribution in [1.82, 2.24) is 4.90 Å². The Morgan fingerprint density at radius 3 is 2.36 bits per heavy atom. The number of amides is 1. The molecule has 4 nitrogen and oxygen atoms in total. The summed E-state index contributed by atoms with van der Waals surface area (Å²) in [4.78, 5) is 26.5. The lowest BCUT2D eigenvalue weighted by Crippen LogP contribution is -2.29. The molecule has 0 bridgehead atoms. The predicted octanol–water partition coefficient (Wildman–Crippen LogP) is 4.06. The molecule has 1 N–H and O–H groups in total. The Bertz CT molecular complexity index is 856. The van der Waals surface area contributed by atoms with Crippen molar-refractivity contribution < 1.29 is 14.7 Å². The third-order valence-electron chi connectivity index (χ3n) is 4.10. The quantitative estimate of drug-likeness (QED) is 0.366. The highest BCUT2D eigenvalue weighted by Gasteiger charge is 2.45. The molecule has 1 atom stereocenters. The van der Waals surface area contributed by atoms with Gasteiger partial charge in [0, 0.05) is 16.6 Å². The van der Waals surface area contributed by atoms with Gasteiger partial charge in [-0.25, -0.2) is 0 Å². The lowest BCUT2D eigenvalue weighted by molar-refractivity contribution is -0.139. The second-order valence-corrected chi connectivity index (χ2v) is 6.57. The molecular formula is C20H16BrNO3. The van der Waals surface area contributed by atoms with E-state index >= 15 is 0 Å². The highest BCUT2D eigenvalue weighted by atomic mass is 79.9. The number of Topliss-reactive ketones (excluding diaryl/α,β-unsaturated/α-hetero) is 1. The summed E-state index contributed by atoms with van der Waals surface area (Å²) in [5.74, 6) is -1.49. The number of likely N-dealkylation sites (tertiary alicyclic amines) is 1. The fourth-order valence-corrected chi connectivity index (χ4v) is 3.21. The van der Waals surface area contributed by atoms with Crippen LogP contribution in [-0.2, 0) is 9.59 Å². The maximum Gasteiger partial charge on any atom is 0.295 e. The molecular weight excluding hydrogens is 382 g/mol. The first-order valence-electron chi connectivity index (χ1n) is 7.74. The van der Waals surface area contributed by atoms with Gasteiger partial charge in [-0.05, 0) is 17.7 Å². The zero-order valence-electron chi connectivity index (χ0n) is 13.4. The highest BCUT2D eigenvalue weighted by molar-refractivity contribution is 9.10. The Kier molecular flexibility index (Phi) is 4.86. The van der Waals surface area contributed by atoms with Gasteiger partial charge in [-0.3, -0.25) is 9.59 Å². The van der Waals surface area contributed by atoms with E-state index in [1.807, 2.05) is 30.3 Å². The van der Waals surface area contributed by atoms with Crippen molar-refractivity contribution in [2.24, 2.45) is 0 Å². The molecule has 0 radical (unpaired) electrons. The number of aliphatic hydroxyl groups excluding tert-OH is 1. The Morgan fingerprint density at radius 2 is 1.76 bits per heavy atom. The van der Waals surface area contributed by atoms with E-state index < -0.39 is 17.7 Å². The standard InChI is InChI=1S/C20H16BrNO3/c1-2-12-22-17(13-8-10-15(21)11-9-13)16(19(24)20(22)25)18(23)14-6-4-3-5-7-14/h2-11,17,23H,1,12H2/b18-16+. The molecule has 1 heterocycles. The Hall–Kier alpha value is -2.66. The normalized spacial score (nSPS) is 19.2. The average molecular weight is 398 g/mol. The van der Waals surface area contributed by atoms with E-state index in [0.717, 1.165) is 10.0 Å². The van der Waals surface area contributed by atoms with Crippen LogP contribution >= 0.6 is 15.9 Å². The number of aliphatic hydroxyl groups is 1. The highest BCUT2D eigenvalue weighted by Crippen LogP contribution is 2.39. The van der Waals surface area contributed by atoms with Gasteiger partial charge in [0.05, 0.1) is 11.6 Å². The molecule has 126 valence electrons. The molecule has 0 saturated carbocycles. The Balaban J connectivity index is 2.19. The number of carbonyl (C=O) groups is 2. The van der Waals surface area contributed by atoms with Gasteiger partial charge in [0.25, 0.3) is 11.7 Å². The molecule has 1 unspecified atom stereocenters. The fraction of sp³-hybridized carbons (Fsp3) is 0.100. The lowest BCUT2D eigenvalue weighted by Gasteiger charge is -2.24. The van der Waals surface area contributed by atoms with Gasteiger partial charge < -0.3 is 10.0 Å². The summed E-state index contributed by atoms with van der Waals surface area (Å²) < 4.78 is 0.889. The first kappa shape index (κ1) is 17.2. The molecule has 1 fully saturated rings. The van der Waals surface area contributed by atoms with Gasteiger partial charge >= 0.3 is 0 Å². The second kappa shape index (κ2) is 7.07. The van der Waals surface area contributed by atoms with E-state index in [9.17, 15) is 14.7 Å². The average Bonchev–Trinajstić information content (AvgIpc) is 2.88. The molecule has 2 aromatic rings. The van der Waals surface area contributed by atoms with Crippen molar-refractivity contribution in [2.45, 2.75) is 6.04 Å². The van der Waals surface area contributed by atoms with Crippen LogP contribution in [0, 0.1) is 0 Å². The van der Waals surface area contributed by atoms with E-state index in [-0.39, 0.29) is 17.9 Å². The van der Waals surface area contributed by atoms with Gasteiger partial charge in [0.2, 0.25) is 0 Å². The molecule has 0 aromatic heterocycles. The van der Waals surface area contributed by atoms with Crippen LogP contribution in [0.4, 0.5) is 0 Å². The van der Waals surface area contributed by atoms with Crippen LogP contribution in [0.2, 0.25) is 0 Å². The van der Waals surface area contributed by atoms with E-state index in [1.165, 1.54) is 4.90 Å². The van der Waals surface area contributed by atoms with Crippen LogP contribution < -0.4 is 0 Å². The summed E-state index contributed by atoms with van der Waals surface area (Å²) in [7, 11) is 0. The third kappa shape index (κ3) is 3.15. The second-order valence-electron chi connectivity index (χ2n) is 5.66. The first-order valence-corrected chi connectivity index (χ1v) is 8.54. The van der Waals surface area contributed by atoms with Crippen LogP contribution in [0.25, 0.3) is 5.76 Å². The summed E-state index contributed by atoms with van der Waals surface area (Å²) in [6.45, 7) is 3.88. The van der Waals surface area contributed by atoms with Crippen molar-refractivity contribution in [1.29, 1.82) is 0 Å². The number of hydrogen-bond acceptors (Lipinski definition) is 3. The number of nitrogens with zero attached hydrogens (tertiary/aromatic N) is 1. The summed E-state index contributed by atoms with van der Waals surface area (Å²) in [6, 6.07) is 15.4. The maximum absolute atomic E-state index is 12.6. The smallest absolute Gasteiger partial charge is 0.295 e. The number of rotatable bonds is 4. The minimum Gasteiger partial charge on any atom is -0.507 e. The number of hydrogen-bond donors (Lipinski definition) is 1. The van der Waals surface area contributed by atoms with E-state index in [2.05, 4.69) is 22.5 Å². The summed E-state index contributed by atoms with van der Waals surface area (Å²) >= 11 is 3.38. The monoisotopic (exact) mass is 397 g/mol. The Labute approximate surface area is 154 Å². The van der Waals surface area contributed by atoms with Crippen molar-refractivity contribution in [3.05, 3.63) is 88.4 Å². The van der Waals surface area contributed by atoms with E-state index in [1.54, 1.807) is 30.3 Å². The van der Waals surface area contributed by atoms with Crippen LogP contribution in [0.1, 0.15) is 17.2 Å². The molecule has 1 aliphatic rings. The number of halogens is 1. The molecule has 25 heavy (non-hydrogen) atoms. The molecule has 3 rings (SSSR count). The topological polar surface area (TPSA) is 57.6 Å². The fourth-order valence-electron chi connectivity index (χ4n) is 2.95. The first-order chi connectivity index (χ1) is 12.0. The van der Waals surface area contributed by atoms with E-state index in [4.69, 9.17) is 0 Å². The maximum atomic E-state index is 12.6.